The van der Waals surface area contributed by atoms with Crippen molar-refractivity contribution in [2.24, 2.45) is 0 Å². The zero-order chi connectivity index (χ0) is 11.8. The van der Waals surface area contributed by atoms with Gasteiger partial charge in [0.05, 0.1) is 0 Å². The molecule has 16 heavy (non-hydrogen) atoms. The lowest BCUT2D eigenvalue weighted by atomic mass is 9.77. The molecular weight excluding hydrogens is 194 g/mol. The summed E-state index contributed by atoms with van der Waals surface area (Å²) in [6.45, 7) is 8.15. The largest absolute Gasteiger partial charge is 0.297 e. The minimum atomic E-state index is 0.236. The van der Waals surface area contributed by atoms with Crippen molar-refractivity contribution in [3.8, 4) is 0 Å². The van der Waals surface area contributed by atoms with E-state index in [1.165, 1.54) is 24.9 Å². The lowest BCUT2D eigenvalue weighted by Crippen LogP contribution is -2.46. The van der Waals surface area contributed by atoms with Crippen molar-refractivity contribution in [3.63, 3.8) is 0 Å². The van der Waals surface area contributed by atoms with Crippen LogP contribution in [0.3, 0.4) is 0 Å². The molecule has 1 unspecified atom stereocenters. The molecular formula is C15H23N. The molecule has 1 aliphatic rings. The number of aryl methyl sites for hydroxylation is 1. The Kier molecular flexibility index (Phi) is 3.07. The fraction of sp³-hybridized carbons (Fsp3) is 0.600. The maximum atomic E-state index is 2.52. The van der Waals surface area contributed by atoms with E-state index in [9.17, 15) is 0 Å². The third-order valence-electron chi connectivity index (χ3n) is 4.40. The Hall–Kier alpha value is -0.820. The molecule has 0 fully saturated rings. The van der Waals surface area contributed by atoms with Crippen LogP contribution in [0.4, 0.5) is 0 Å². The SMILES string of the molecule is CCc1cccc2c1C(C)(CC)N(C)CC2. The molecule has 1 heterocycles. The summed E-state index contributed by atoms with van der Waals surface area (Å²) in [6.07, 6.45) is 3.54. The van der Waals surface area contributed by atoms with Gasteiger partial charge in [0, 0.05) is 12.1 Å². The normalized spacial score (nSPS) is 25.5. The minimum Gasteiger partial charge on any atom is -0.297 e. The van der Waals surface area contributed by atoms with Gasteiger partial charge >= 0.3 is 0 Å². The van der Waals surface area contributed by atoms with E-state index in [2.05, 4.69) is 50.9 Å². The van der Waals surface area contributed by atoms with Gasteiger partial charge in [0.2, 0.25) is 0 Å². The average Bonchev–Trinajstić information content (AvgIpc) is 2.33. The quantitative estimate of drug-likeness (QED) is 0.734. The molecule has 1 aromatic rings. The van der Waals surface area contributed by atoms with Gasteiger partial charge in [-0.05, 0) is 49.9 Å². The first-order valence-electron chi connectivity index (χ1n) is 6.46. The van der Waals surface area contributed by atoms with E-state index in [0.717, 1.165) is 6.42 Å². The Morgan fingerprint density at radius 1 is 1.31 bits per heavy atom. The second kappa shape index (κ2) is 4.21. The van der Waals surface area contributed by atoms with Gasteiger partial charge in [-0.2, -0.15) is 0 Å². The molecule has 0 N–H and O–H groups in total. The van der Waals surface area contributed by atoms with Gasteiger partial charge in [0.1, 0.15) is 0 Å². The van der Waals surface area contributed by atoms with Crippen LogP contribution in [0.1, 0.15) is 43.9 Å². The highest BCUT2D eigenvalue weighted by atomic mass is 15.2. The topological polar surface area (TPSA) is 3.24 Å². The standard InChI is InChI=1S/C15H23N/c1-5-12-8-7-9-13-10-11-16(4)15(3,6-2)14(12)13/h7-9H,5-6,10-11H2,1-4H3. The van der Waals surface area contributed by atoms with Crippen molar-refractivity contribution >= 4 is 0 Å². The van der Waals surface area contributed by atoms with Crippen LogP contribution in [-0.4, -0.2) is 18.5 Å². The molecule has 1 atom stereocenters. The number of likely N-dealkylation sites (N-methyl/N-ethyl adjacent to an activating group) is 1. The molecule has 88 valence electrons. The molecule has 1 aromatic carbocycles. The Labute approximate surface area is 99.5 Å². The summed E-state index contributed by atoms with van der Waals surface area (Å²) in [5.74, 6) is 0. The van der Waals surface area contributed by atoms with E-state index >= 15 is 0 Å². The molecule has 0 aliphatic carbocycles. The van der Waals surface area contributed by atoms with E-state index in [1.807, 2.05) is 0 Å². The second-order valence-electron chi connectivity index (χ2n) is 5.10. The van der Waals surface area contributed by atoms with E-state index in [-0.39, 0.29) is 5.54 Å². The van der Waals surface area contributed by atoms with Gasteiger partial charge in [-0.15, -0.1) is 0 Å². The number of hydrogen-bond acceptors (Lipinski definition) is 1. The third kappa shape index (κ3) is 1.58. The van der Waals surface area contributed by atoms with Crippen LogP contribution in [0, 0.1) is 0 Å². The predicted octanol–water partition coefficient (Wildman–Crippen LogP) is 3.36. The highest BCUT2D eigenvalue weighted by Gasteiger charge is 2.35. The zero-order valence-electron chi connectivity index (χ0n) is 11.0. The van der Waals surface area contributed by atoms with Gasteiger partial charge in [-0.25, -0.2) is 0 Å². The Balaban J connectivity index is 2.61. The maximum absolute atomic E-state index is 2.52. The average molecular weight is 217 g/mol. The molecule has 0 radical (unpaired) electrons. The summed E-state index contributed by atoms with van der Waals surface area (Å²) in [5.41, 5.74) is 4.95. The summed E-state index contributed by atoms with van der Waals surface area (Å²) >= 11 is 0. The van der Waals surface area contributed by atoms with Gasteiger partial charge in [0.25, 0.3) is 0 Å². The molecule has 0 aromatic heterocycles. The number of fused-ring (bicyclic) bond motifs is 1. The fourth-order valence-corrected chi connectivity index (χ4v) is 3.02. The van der Waals surface area contributed by atoms with Crippen LogP contribution in [0.5, 0.6) is 0 Å². The van der Waals surface area contributed by atoms with E-state index < -0.39 is 0 Å². The molecule has 0 saturated carbocycles. The highest BCUT2D eigenvalue weighted by Crippen LogP contribution is 2.39. The van der Waals surface area contributed by atoms with Crippen LogP contribution in [0.25, 0.3) is 0 Å². The Morgan fingerprint density at radius 3 is 2.69 bits per heavy atom. The highest BCUT2D eigenvalue weighted by molar-refractivity contribution is 5.42. The van der Waals surface area contributed by atoms with Crippen molar-refractivity contribution in [2.75, 3.05) is 13.6 Å². The first kappa shape index (κ1) is 11.7. The number of rotatable bonds is 2. The van der Waals surface area contributed by atoms with E-state index in [0.29, 0.717) is 0 Å². The molecule has 1 heteroatoms. The first-order valence-corrected chi connectivity index (χ1v) is 6.46. The Bertz CT molecular complexity index is 369. The monoisotopic (exact) mass is 217 g/mol. The van der Waals surface area contributed by atoms with Crippen molar-refractivity contribution < 1.29 is 0 Å². The van der Waals surface area contributed by atoms with Crippen LogP contribution in [0.2, 0.25) is 0 Å². The first-order chi connectivity index (χ1) is 7.63. The van der Waals surface area contributed by atoms with Crippen molar-refractivity contribution in [1.82, 2.24) is 4.90 Å². The number of hydrogen-bond donors (Lipinski definition) is 0. The number of benzene rings is 1. The molecule has 0 bridgehead atoms. The zero-order valence-corrected chi connectivity index (χ0v) is 11.0. The second-order valence-corrected chi connectivity index (χ2v) is 5.10. The lowest BCUT2D eigenvalue weighted by molar-refractivity contribution is 0.118. The third-order valence-corrected chi connectivity index (χ3v) is 4.40. The maximum Gasteiger partial charge on any atom is 0.0432 e. The smallest absolute Gasteiger partial charge is 0.0432 e. The van der Waals surface area contributed by atoms with Crippen molar-refractivity contribution in [3.05, 3.63) is 34.9 Å². The predicted molar refractivity (Wildman–Crippen MR) is 69.8 cm³/mol. The van der Waals surface area contributed by atoms with Crippen LogP contribution in [0.15, 0.2) is 18.2 Å². The Morgan fingerprint density at radius 2 is 2.06 bits per heavy atom. The van der Waals surface area contributed by atoms with Crippen molar-refractivity contribution in [2.45, 2.75) is 45.6 Å². The fourth-order valence-electron chi connectivity index (χ4n) is 3.02. The van der Waals surface area contributed by atoms with Crippen LogP contribution < -0.4 is 0 Å². The van der Waals surface area contributed by atoms with E-state index in [1.54, 1.807) is 11.1 Å². The summed E-state index contributed by atoms with van der Waals surface area (Å²) in [5, 5.41) is 0. The molecule has 0 saturated heterocycles. The lowest BCUT2D eigenvalue weighted by Gasteiger charge is -2.45. The molecule has 0 spiro atoms. The van der Waals surface area contributed by atoms with Crippen molar-refractivity contribution in [1.29, 1.82) is 0 Å². The molecule has 2 rings (SSSR count). The van der Waals surface area contributed by atoms with Gasteiger partial charge in [-0.1, -0.05) is 32.0 Å². The summed E-state index contributed by atoms with van der Waals surface area (Å²) < 4.78 is 0. The summed E-state index contributed by atoms with van der Waals surface area (Å²) in [4.78, 5) is 2.52. The summed E-state index contributed by atoms with van der Waals surface area (Å²) in [7, 11) is 2.26. The molecule has 1 nitrogen and oxygen atoms in total. The molecule has 0 amide bonds. The summed E-state index contributed by atoms with van der Waals surface area (Å²) in [6, 6.07) is 6.83. The molecule has 1 aliphatic heterocycles. The van der Waals surface area contributed by atoms with Gasteiger partial charge in [0.15, 0.2) is 0 Å². The van der Waals surface area contributed by atoms with Crippen LogP contribution in [-0.2, 0) is 18.4 Å². The van der Waals surface area contributed by atoms with Gasteiger partial charge < -0.3 is 0 Å². The minimum absolute atomic E-state index is 0.236. The van der Waals surface area contributed by atoms with E-state index in [4.69, 9.17) is 0 Å². The van der Waals surface area contributed by atoms with Gasteiger partial charge in [-0.3, -0.25) is 4.90 Å². The van der Waals surface area contributed by atoms with Crippen LogP contribution >= 0.6 is 0 Å². The number of nitrogens with zero attached hydrogens (tertiary/aromatic N) is 1.